The molecule has 3 heterocycles. The average molecular weight is 441 g/mol. The Hall–Kier alpha value is -2.64. The van der Waals surface area contributed by atoms with Crippen LogP contribution in [0.1, 0.15) is 15.5 Å². The van der Waals surface area contributed by atoms with E-state index < -0.39 is 29.9 Å². The molecule has 2 aromatic rings. The highest BCUT2D eigenvalue weighted by molar-refractivity contribution is 7.09. The number of halogens is 6. The van der Waals surface area contributed by atoms with Crippen molar-refractivity contribution in [3.05, 3.63) is 28.5 Å². The van der Waals surface area contributed by atoms with Gasteiger partial charge in [0.25, 0.3) is 5.91 Å². The second kappa shape index (κ2) is 8.00. The van der Waals surface area contributed by atoms with Crippen LogP contribution in [-0.2, 0) is 6.18 Å². The summed E-state index contributed by atoms with van der Waals surface area (Å²) in [6.45, 7) is -0.574. The van der Waals surface area contributed by atoms with E-state index in [2.05, 4.69) is 19.7 Å². The van der Waals surface area contributed by atoms with Gasteiger partial charge in [0.1, 0.15) is 17.8 Å². The Morgan fingerprint density at radius 2 is 1.79 bits per heavy atom. The minimum absolute atomic E-state index is 0.181. The average Bonchev–Trinajstić information content (AvgIpc) is 3.16. The lowest BCUT2D eigenvalue weighted by Gasteiger charge is -2.35. The van der Waals surface area contributed by atoms with Crippen LogP contribution in [0.3, 0.4) is 0 Å². The molecule has 1 amide bonds. The lowest BCUT2D eigenvalue weighted by Crippen LogP contribution is -2.49. The first-order valence-corrected chi connectivity index (χ1v) is 8.99. The fourth-order valence-corrected chi connectivity index (χ4v) is 3.20. The normalized spacial score (nSPS) is 15.5. The first-order valence-electron chi connectivity index (χ1n) is 8.11. The van der Waals surface area contributed by atoms with Crippen molar-refractivity contribution in [1.82, 2.24) is 19.9 Å². The molecule has 0 atom stereocenters. The van der Waals surface area contributed by atoms with Crippen LogP contribution < -0.4 is 9.64 Å². The topological polar surface area (TPSA) is 71.5 Å². The van der Waals surface area contributed by atoms with Gasteiger partial charge in [-0.1, -0.05) is 0 Å². The third-order valence-corrected chi connectivity index (χ3v) is 4.76. The van der Waals surface area contributed by atoms with Crippen LogP contribution in [0, 0.1) is 0 Å². The van der Waals surface area contributed by atoms with Crippen molar-refractivity contribution in [3.8, 4) is 5.88 Å². The molecule has 0 unspecified atom stereocenters. The molecule has 29 heavy (non-hydrogen) atoms. The number of rotatable bonds is 4. The van der Waals surface area contributed by atoms with Crippen molar-refractivity contribution in [2.75, 3.05) is 37.7 Å². The van der Waals surface area contributed by atoms with Gasteiger partial charge in [0.15, 0.2) is 11.6 Å². The van der Waals surface area contributed by atoms with Gasteiger partial charge in [0.05, 0.1) is 0 Å². The number of hydrogen-bond donors (Lipinski definition) is 0. The van der Waals surface area contributed by atoms with Crippen LogP contribution in [0.2, 0.25) is 0 Å². The van der Waals surface area contributed by atoms with E-state index in [1.807, 2.05) is 0 Å². The highest BCUT2D eigenvalue weighted by Gasteiger charge is 2.36. The Labute approximate surface area is 163 Å². The predicted octanol–water partition coefficient (Wildman–Crippen LogP) is 2.86. The van der Waals surface area contributed by atoms with Gasteiger partial charge in [0.2, 0.25) is 5.88 Å². The Bertz CT molecular complexity index is 863. The first kappa shape index (κ1) is 21.1. The maximum absolute atomic E-state index is 12.6. The lowest BCUT2D eigenvalue weighted by atomic mass is 10.3. The van der Waals surface area contributed by atoms with E-state index in [0.717, 1.165) is 11.7 Å². The summed E-state index contributed by atoms with van der Waals surface area (Å²) in [5.41, 5.74) is -0.277. The van der Waals surface area contributed by atoms with Crippen LogP contribution in [0.4, 0.5) is 32.2 Å². The molecule has 0 aliphatic carbocycles. The minimum Gasteiger partial charge on any atom is -0.468 e. The Morgan fingerprint density at radius 1 is 1.10 bits per heavy atom. The van der Waals surface area contributed by atoms with Crippen molar-refractivity contribution in [2.24, 2.45) is 0 Å². The van der Waals surface area contributed by atoms with Crippen LogP contribution in [-0.4, -0.2) is 64.7 Å². The zero-order valence-electron chi connectivity index (χ0n) is 14.5. The molecular weight excluding hydrogens is 428 g/mol. The van der Waals surface area contributed by atoms with Gasteiger partial charge in [-0.2, -0.15) is 26.3 Å². The number of piperazine rings is 1. The summed E-state index contributed by atoms with van der Waals surface area (Å²) >= 11 is 0.349. The molecule has 0 saturated carbocycles. The number of ether oxygens (including phenoxy) is 1. The first-order chi connectivity index (χ1) is 13.5. The molecule has 0 N–H and O–H groups in total. The van der Waals surface area contributed by atoms with Crippen molar-refractivity contribution >= 4 is 23.1 Å². The molecule has 1 aliphatic rings. The molecule has 14 heteroatoms. The monoisotopic (exact) mass is 441 g/mol. The minimum atomic E-state index is -4.61. The molecule has 0 spiro atoms. The summed E-state index contributed by atoms with van der Waals surface area (Å²) in [5, 5.41) is -0.0291. The molecule has 0 radical (unpaired) electrons. The SMILES string of the molecule is O=C(c1csc(C(F)(F)F)n1)N1CCN(c2cc(OCC(F)(F)F)ncn2)CC1. The summed E-state index contributed by atoms with van der Waals surface area (Å²) in [6.07, 6.45) is -8.05. The van der Waals surface area contributed by atoms with Crippen LogP contribution in [0.15, 0.2) is 17.8 Å². The number of nitrogens with zero attached hydrogens (tertiary/aromatic N) is 5. The maximum Gasteiger partial charge on any atom is 0.443 e. The van der Waals surface area contributed by atoms with Gasteiger partial charge in [-0.25, -0.2) is 15.0 Å². The van der Waals surface area contributed by atoms with Crippen molar-refractivity contribution in [3.63, 3.8) is 0 Å². The van der Waals surface area contributed by atoms with Gasteiger partial charge >= 0.3 is 12.4 Å². The summed E-state index contributed by atoms with van der Waals surface area (Å²) in [6, 6.07) is 1.25. The Kier molecular flexibility index (Phi) is 5.82. The molecular formula is C15H13F6N5O2S. The quantitative estimate of drug-likeness (QED) is 0.680. The molecule has 7 nitrogen and oxygen atoms in total. The van der Waals surface area contributed by atoms with Gasteiger partial charge < -0.3 is 14.5 Å². The number of amides is 1. The molecule has 0 aromatic carbocycles. The third-order valence-electron chi connectivity index (χ3n) is 3.87. The second-order valence-corrected chi connectivity index (χ2v) is 6.79. The Morgan fingerprint density at radius 3 is 2.38 bits per heavy atom. The maximum atomic E-state index is 12.6. The zero-order chi connectivity index (χ0) is 21.2. The largest absolute Gasteiger partial charge is 0.468 e. The standard InChI is InChI=1S/C15H13F6N5O2S/c16-14(17,18)7-28-11-5-10(22-8-23-11)25-1-3-26(4-2-25)12(27)9-6-29-13(24-9)15(19,20)21/h5-6,8H,1-4,7H2. The van der Waals surface area contributed by atoms with E-state index in [4.69, 9.17) is 0 Å². The molecule has 1 saturated heterocycles. The fraction of sp³-hybridized carbons (Fsp3) is 0.467. The summed E-state index contributed by atoms with van der Waals surface area (Å²) in [5.74, 6) is -0.543. The van der Waals surface area contributed by atoms with Crippen LogP contribution in [0.25, 0.3) is 0 Å². The number of hydrogen-bond acceptors (Lipinski definition) is 7. The van der Waals surface area contributed by atoms with E-state index in [1.54, 1.807) is 4.90 Å². The molecule has 3 rings (SSSR count). The number of alkyl halides is 6. The van der Waals surface area contributed by atoms with Crippen molar-refractivity contribution in [1.29, 1.82) is 0 Å². The van der Waals surface area contributed by atoms with Gasteiger partial charge in [-0.3, -0.25) is 4.79 Å². The lowest BCUT2D eigenvalue weighted by molar-refractivity contribution is -0.154. The number of aromatic nitrogens is 3. The Balaban J connectivity index is 1.59. The number of carbonyl (C=O) groups excluding carboxylic acids is 1. The predicted molar refractivity (Wildman–Crippen MR) is 88.8 cm³/mol. The molecule has 1 fully saturated rings. The van der Waals surface area contributed by atoms with E-state index in [0.29, 0.717) is 17.2 Å². The molecule has 2 aromatic heterocycles. The summed E-state index contributed by atoms with van der Waals surface area (Å²) < 4.78 is 79.2. The summed E-state index contributed by atoms with van der Waals surface area (Å²) in [4.78, 5) is 26.4. The van der Waals surface area contributed by atoms with Gasteiger partial charge in [-0.05, 0) is 0 Å². The van der Waals surface area contributed by atoms with Crippen molar-refractivity contribution < 1.29 is 35.9 Å². The highest BCUT2D eigenvalue weighted by Crippen LogP contribution is 2.32. The van der Waals surface area contributed by atoms with Crippen LogP contribution in [0.5, 0.6) is 5.88 Å². The van der Waals surface area contributed by atoms with Gasteiger partial charge in [-0.15, -0.1) is 11.3 Å². The van der Waals surface area contributed by atoms with E-state index in [1.165, 1.54) is 11.0 Å². The number of carbonyl (C=O) groups is 1. The van der Waals surface area contributed by atoms with E-state index in [9.17, 15) is 31.1 Å². The van der Waals surface area contributed by atoms with Crippen LogP contribution >= 0.6 is 11.3 Å². The molecule has 0 bridgehead atoms. The summed E-state index contributed by atoms with van der Waals surface area (Å²) in [7, 11) is 0. The van der Waals surface area contributed by atoms with Gasteiger partial charge in [0, 0.05) is 37.6 Å². The second-order valence-electron chi connectivity index (χ2n) is 5.93. The van der Waals surface area contributed by atoms with E-state index in [-0.39, 0.29) is 37.8 Å². The fourth-order valence-electron chi connectivity index (χ4n) is 2.54. The molecule has 1 aliphatic heterocycles. The zero-order valence-corrected chi connectivity index (χ0v) is 15.3. The number of anilines is 1. The molecule has 158 valence electrons. The highest BCUT2D eigenvalue weighted by atomic mass is 32.1. The number of thiazole rings is 1. The smallest absolute Gasteiger partial charge is 0.443 e. The van der Waals surface area contributed by atoms with Crippen molar-refractivity contribution in [2.45, 2.75) is 12.4 Å². The van der Waals surface area contributed by atoms with E-state index >= 15 is 0 Å². The third kappa shape index (κ3) is 5.46.